The maximum Gasteiger partial charge on any atom is 0.243 e. The number of hydrogen-bond donors (Lipinski definition) is 1. The minimum absolute atomic E-state index is 0.327. The molecule has 2 N–H and O–H groups in total. The molecule has 1 aliphatic heterocycles. The Kier molecular flexibility index (Phi) is 4.44. The number of ether oxygens (including phenoxy) is 1. The van der Waals surface area contributed by atoms with Crippen LogP contribution in [0.5, 0.6) is 5.75 Å². The molecule has 0 saturated heterocycles. The minimum atomic E-state index is -0.620. The Morgan fingerprint density at radius 1 is 1.18 bits per heavy atom. The molecule has 0 saturated carbocycles. The summed E-state index contributed by atoms with van der Waals surface area (Å²) in [6, 6.07) is 13.0. The van der Waals surface area contributed by atoms with Gasteiger partial charge in [-0.25, -0.2) is 4.99 Å². The Bertz CT molecular complexity index is 1150. The van der Waals surface area contributed by atoms with E-state index < -0.39 is 5.91 Å². The van der Waals surface area contributed by atoms with E-state index in [2.05, 4.69) is 10.2 Å². The first-order valence-corrected chi connectivity index (χ1v) is 8.82. The fourth-order valence-corrected chi connectivity index (χ4v) is 3.26. The summed E-state index contributed by atoms with van der Waals surface area (Å²) in [5.74, 6) is 1.15. The number of carbonyl (C=O) groups is 1. The van der Waals surface area contributed by atoms with Crippen molar-refractivity contribution in [2.75, 3.05) is 7.11 Å². The number of carbonyl (C=O) groups excluding carboxylic acids is 1. The highest BCUT2D eigenvalue weighted by Gasteiger charge is 2.25. The normalized spacial score (nSPS) is 14.1. The lowest BCUT2D eigenvalue weighted by Gasteiger charge is -2.13. The van der Waals surface area contributed by atoms with Crippen molar-refractivity contribution in [1.82, 2.24) is 14.8 Å². The Labute approximate surface area is 166 Å². The Hall–Kier alpha value is -3.45. The van der Waals surface area contributed by atoms with E-state index in [-0.39, 0.29) is 0 Å². The highest BCUT2D eigenvalue weighted by molar-refractivity contribution is 6.30. The number of nitrogens with zero attached hydrogens (tertiary/aromatic N) is 4. The number of aromatic nitrogens is 3. The summed E-state index contributed by atoms with van der Waals surface area (Å²) in [6.45, 7) is 1.83. The summed E-state index contributed by atoms with van der Waals surface area (Å²) in [6.07, 6.45) is 1.25. The summed E-state index contributed by atoms with van der Waals surface area (Å²) in [7, 11) is 1.60. The number of halogens is 1. The topological polar surface area (TPSA) is 95.4 Å². The maximum absolute atomic E-state index is 11.6. The molecule has 0 aliphatic carbocycles. The molecule has 7 nitrogen and oxygen atoms in total. The molecule has 28 heavy (non-hydrogen) atoms. The highest BCUT2D eigenvalue weighted by Crippen LogP contribution is 2.32. The van der Waals surface area contributed by atoms with Gasteiger partial charge in [0.15, 0.2) is 5.82 Å². The number of fused-ring (bicyclic) bond motifs is 3. The smallest absolute Gasteiger partial charge is 0.243 e. The van der Waals surface area contributed by atoms with Gasteiger partial charge in [-0.3, -0.25) is 9.36 Å². The zero-order chi connectivity index (χ0) is 19.8. The number of methoxy groups -OCH3 is 1. The van der Waals surface area contributed by atoms with Gasteiger partial charge in [-0.15, -0.1) is 10.2 Å². The van der Waals surface area contributed by atoms with E-state index in [9.17, 15) is 4.79 Å². The molecule has 0 spiro atoms. The fourth-order valence-electron chi connectivity index (χ4n) is 3.13. The van der Waals surface area contributed by atoms with Crippen molar-refractivity contribution in [3.8, 4) is 11.4 Å². The van der Waals surface area contributed by atoms with Crippen LogP contribution in [0.3, 0.4) is 0 Å². The average Bonchev–Trinajstić information content (AvgIpc) is 3.00. The molecule has 0 atom stereocenters. The SMILES string of the molecule is COc1ccc2c(c1)C(c1ccc(Cl)cc1)=N/C(=C\C(N)=O)c1nnc(C)n1-2. The first kappa shape index (κ1) is 17.9. The van der Waals surface area contributed by atoms with Crippen LogP contribution in [0, 0.1) is 6.92 Å². The molecular formula is C20H16ClN5O2. The second-order valence-electron chi connectivity index (χ2n) is 6.19. The van der Waals surface area contributed by atoms with Gasteiger partial charge in [0.2, 0.25) is 5.91 Å². The van der Waals surface area contributed by atoms with Crippen molar-refractivity contribution < 1.29 is 9.53 Å². The highest BCUT2D eigenvalue weighted by atomic mass is 35.5. The van der Waals surface area contributed by atoms with Crippen molar-refractivity contribution >= 4 is 28.9 Å². The van der Waals surface area contributed by atoms with Crippen LogP contribution >= 0.6 is 11.6 Å². The van der Waals surface area contributed by atoms with Crippen LogP contribution in [0.2, 0.25) is 5.02 Å². The molecule has 0 bridgehead atoms. The van der Waals surface area contributed by atoms with E-state index in [1.165, 1.54) is 6.08 Å². The second-order valence-corrected chi connectivity index (χ2v) is 6.62. The molecule has 2 aromatic carbocycles. The summed E-state index contributed by atoms with van der Waals surface area (Å²) >= 11 is 6.05. The van der Waals surface area contributed by atoms with Crippen molar-refractivity contribution in [2.45, 2.75) is 6.92 Å². The molecule has 1 amide bonds. The van der Waals surface area contributed by atoms with E-state index >= 15 is 0 Å². The number of amides is 1. The Balaban J connectivity index is 2.08. The number of benzene rings is 2. The largest absolute Gasteiger partial charge is 0.497 e. The fraction of sp³-hybridized carbons (Fsp3) is 0.100. The third-order valence-corrected chi connectivity index (χ3v) is 4.63. The maximum atomic E-state index is 11.6. The average molecular weight is 394 g/mol. The van der Waals surface area contributed by atoms with Gasteiger partial charge in [-0.1, -0.05) is 23.7 Å². The first-order chi connectivity index (χ1) is 13.5. The number of hydrogen-bond acceptors (Lipinski definition) is 5. The van der Waals surface area contributed by atoms with Crippen LogP contribution in [0.25, 0.3) is 11.4 Å². The van der Waals surface area contributed by atoms with E-state index in [0.717, 1.165) is 16.8 Å². The Morgan fingerprint density at radius 2 is 1.93 bits per heavy atom. The van der Waals surface area contributed by atoms with Crippen LogP contribution in [-0.2, 0) is 4.79 Å². The van der Waals surface area contributed by atoms with Crippen molar-refractivity contribution in [1.29, 1.82) is 0 Å². The lowest BCUT2D eigenvalue weighted by atomic mass is 10.00. The predicted octanol–water partition coefficient (Wildman–Crippen LogP) is 2.91. The van der Waals surface area contributed by atoms with Gasteiger partial charge < -0.3 is 10.5 Å². The van der Waals surface area contributed by atoms with Gasteiger partial charge in [-0.05, 0) is 37.3 Å². The quantitative estimate of drug-likeness (QED) is 0.692. The number of aryl methyl sites for hydroxylation is 1. The predicted molar refractivity (Wildman–Crippen MR) is 107 cm³/mol. The van der Waals surface area contributed by atoms with Crippen LogP contribution in [0.4, 0.5) is 0 Å². The van der Waals surface area contributed by atoms with Crippen LogP contribution in [-0.4, -0.2) is 33.5 Å². The monoisotopic (exact) mass is 393 g/mol. The number of nitrogens with two attached hydrogens (primary N) is 1. The lowest BCUT2D eigenvalue weighted by molar-refractivity contribution is -0.113. The van der Waals surface area contributed by atoms with Crippen molar-refractivity contribution in [2.24, 2.45) is 10.7 Å². The molecule has 0 fully saturated rings. The summed E-state index contributed by atoms with van der Waals surface area (Å²) in [5.41, 5.74) is 8.83. The second kappa shape index (κ2) is 6.94. The zero-order valence-electron chi connectivity index (χ0n) is 15.2. The van der Waals surface area contributed by atoms with Gasteiger partial charge in [0.1, 0.15) is 17.3 Å². The molecule has 1 aliphatic rings. The van der Waals surface area contributed by atoms with Crippen molar-refractivity contribution in [3.63, 3.8) is 0 Å². The molecule has 8 heteroatoms. The molecule has 140 valence electrons. The molecular weight excluding hydrogens is 378 g/mol. The number of aliphatic imine (C=N–C) groups is 1. The van der Waals surface area contributed by atoms with Gasteiger partial charge in [-0.2, -0.15) is 0 Å². The first-order valence-electron chi connectivity index (χ1n) is 8.45. The third-order valence-electron chi connectivity index (χ3n) is 4.38. The standard InChI is InChI=1S/C20H16ClN5O2/c1-11-24-25-20-16(10-18(22)27)23-19(12-3-5-13(21)6-4-12)15-9-14(28-2)7-8-17(15)26(11)20/h3-10H,1-2H3,(H2,22,27)/b16-10-. The van der Waals surface area contributed by atoms with Gasteiger partial charge in [0, 0.05) is 22.2 Å². The summed E-state index contributed by atoms with van der Waals surface area (Å²) in [4.78, 5) is 16.4. The van der Waals surface area contributed by atoms with E-state index in [1.807, 2.05) is 41.8 Å². The molecule has 3 aromatic rings. The lowest BCUT2D eigenvalue weighted by Crippen LogP contribution is -2.08. The Morgan fingerprint density at radius 3 is 2.61 bits per heavy atom. The molecule has 1 aromatic heterocycles. The van der Waals surface area contributed by atoms with E-state index in [4.69, 9.17) is 27.1 Å². The van der Waals surface area contributed by atoms with Gasteiger partial charge >= 0.3 is 0 Å². The van der Waals surface area contributed by atoms with Crippen LogP contribution in [0.15, 0.2) is 53.5 Å². The third kappa shape index (κ3) is 3.05. The van der Waals surface area contributed by atoms with Gasteiger partial charge in [0.05, 0.1) is 18.5 Å². The summed E-state index contributed by atoms with van der Waals surface area (Å²) in [5, 5.41) is 8.98. The molecule has 0 radical (unpaired) electrons. The summed E-state index contributed by atoms with van der Waals surface area (Å²) < 4.78 is 7.25. The van der Waals surface area contributed by atoms with Gasteiger partial charge in [0.25, 0.3) is 0 Å². The minimum Gasteiger partial charge on any atom is -0.497 e. The van der Waals surface area contributed by atoms with E-state index in [0.29, 0.717) is 33.8 Å². The molecule has 4 rings (SSSR count). The number of rotatable bonds is 3. The number of primary amides is 1. The van der Waals surface area contributed by atoms with E-state index in [1.54, 1.807) is 19.2 Å². The zero-order valence-corrected chi connectivity index (χ0v) is 15.9. The van der Waals surface area contributed by atoms with Crippen LogP contribution in [0.1, 0.15) is 22.8 Å². The molecule has 0 unspecified atom stereocenters. The van der Waals surface area contributed by atoms with Crippen LogP contribution < -0.4 is 10.5 Å². The van der Waals surface area contributed by atoms with Crippen molar-refractivity contribution in [3.05, 3.63) is 76.3 Å². The molecule has 2 heterocycles.